The Morgan fingerprint density at radius 2 is 1.80 bits per heavy atom. The molecule has 1 aliphatic heterocycles. The Balaban J connectivity index is 1.31. The Kier molecular flexibility index (Phi) is 12.2. The van der Waals surface area contributed by atoms with Crippen molar-refractivity contribution >= 4 is 16.1 Å². The quantitative estimate of drug-likeness (QED) is 0.353. The molecule has 0 bridgehead atoms. The fourth-order valence-electron chi connectivity index (χ4n) is 4.77. The van der Waals surface area contributed by atoms with E-state index in [1.165, 1.54) is 0 Å². The maximum absolute atomic E-state index is 13.3. The van der Waals surface area contributed by atoms with Crippen molar-refractivity contribution in [1.29, 1.82) is 0 Å². The first kappa shape index (κ1) is 27.8. The van der Waals surface area contributed by atoms with Crippen LogP contribution in [0.25, 0.3) is 0 Å². The van der Waals surface area contributed by atoms with E-state index in [1.807, 2.05) is 12.1 Å². The van der Waals surface area contributed by atoms with Gasteiger partial charge in [-0.1, -0.05) is 31.7 Å². The Labute approximate surface area is 211 Å². The van der Waals surface area contributed by atoms with Crippen LogP contribution in [0.4, 0.5) is 4.79 Å². The molecule has 1 saturated heterocycles. The highest BCUT2D eigenvalue weighted by molar-refractivity contribution is 7.89. The van der Waals surface area contributed by atoms with Gasteiger partial charge in [-0.25, -0.2) is 17.5 Å². The van der Waals surface area contributed by atoms with Gasteiger partial charge in [-0.3, -0.25) is 9.88 Å². The fraction of sp³-hybridized carbons (Fsp3) is 0.760. The van der Waals surface area contributed by atoms with Gasteiger partial charge in [0.2, 0.25) is 10.0 Å². The molecule has 2 aliphatic rings. The largest absolute Gasteiger partial charge is 0.379 e. The van der Waals surface area contributed by atoms with Crippen molar-refractivity contribution in [3.63, 3.8) is 0 Å². The molecule has 2 heterocycles. The van der Waals surface area contributed by atoms with Crippen LogP contribution < -0.4 is 10.6 Å². The standard InChI is InChI=1S/C25H43N5O4S/c31-25(28-22-23-9-7-12-26-21-23)27-13-5-1-2-6-15-30(35(32,33)24-10-3-4-11-24)16-8-14-29-17-19-34-20-18-29/h7,9,12,21,24H,1-6,8,10-11,13-20,22H2,(H2,27,28,31). The molecule has 3 rings (SSSR count). The molecule has 1 aromatic heterocycles. The number of aromatic nitrogens is 1. The molecule has 1 aliphatic carbocycles. The number of carbonyl (C=O) groups excluding carboxylic acids is 1. The number of amides is 2. The third-order valence-electron chi connectivity index (χ3n) is 6.86. The van der Waals surface area contributed by atoms with Crippen molar-refractivity contribution in [3.8, 4) is 0 Å². The lowest BCUT2D eigenvalue weighted by Gasteiger charge is -2.29. The molecule has 1 aromatic rings. The second kappa shape index (κ2) is 15.4. The van der Waals surface area contributed by atoms with Gasteiger partial charge in [-0.05, 0) is 50.3 Å². The fourth-order valence-corrected chi connectivity index (χ4v) is 6.89. The van der Waals surface area contributed by atoms with Gasteiger partial charge in [0.25, 0.3) is 0 Å². The maximum Gasteiger partial charge on any atom is 0.315 e. The van der Waals surface area contributed by atoms with Crippen molar-refractivity contribution in [1.82, 2.24) is 24.8 Å². The zero-order valence-corrected chi connectivity index (χ0v) is 21.8. The monoisotopic (exact) mass is 509 g/mol. The number of unbranched alkanes of at least 4 members (excludes halogenated alkanes) is 3. The molecule has 2 fully saturated rings. The SMILES string of the molecule is O=C(NCCCCCCN(CCCN1CCOCC1)S(=O)(=O)C1CCCC1)NCc1cccnc1. The van der Waals surface area contributed by atoms with Gasteiger partial charge >= 0.3 is 6.03 Å². The minimum absolute atomic E-state index is 0.178. The third kappa shape index (κ3) is 10.0. The summed E-state index contributed by atoms with van der Waals surface area (Å²) in [6, 6.07) is 3.59. The minimum atomic E-state index is -3.22. The second-order valence-electron chi connectivity index (χ2n) is 9.54. The number of pyridine rings is 1. The van der Waals surface area contributed by atoms with Crippen LogP contribution in [-0.2, 0) is 21.3 Å². The number of hydrogen-bond acceptors (Lipinski definition) is 6. The number of nitrogens with zero attached hydrogens (tertiary/aromatic N) is 3. The van der Waals surface area contributed by atoms with Gasteiger partial charge in [0.05, 0.1) is 18.5 Å². The summed E-state index contributed by atoms with van der Waals surface area (Å²) in [5.74, 6) is 0. The molecule has 2 N–H and O–H groups in total. The molecular formula is C25H43N5O4S. The Morgan fingerprint density at radius 3 is 2.54 bits per heavy atom. The highest BCUT2D eigenvalue weighted by atomic mass is 32.2. The van der Waals surface area contributed by atoms with Crippen LogP contribution in [0, 0.1) is 0 Å². The average molecular weight is 510 g/mol. The zero-order valence-electron chi connectivity index (χ0n) is 21.0. The summed E-state index contributed by atoms with van der Waals surface area (Å²) < 4.78 is 33.7. The molecule has 1 saturated carbocycles. The van der Waals surface area contributed by atoms with Crippen LogP contribution in [0.5, 0.6) is 0 Å². The molecule has 0 aromatic carbocycles. The topological polar surface area (TPSA) is 104 Å². The number of urea groups is 1. The number of sulfonamides is 1. The molecule has 198 valence electrons. The van der Waals surface area contributed by atoms with E-state index in [1.54, 1.807) is 16.7 Å². The van der Waals surface area contributed by atoms with E-state index < -0.39 is 10.0 Å². The van der Waals surface area contributed by atoms with Gasteiger partial charge in [0.15, 0.2) is 0 Å². The number of hydrogen-bond donors (Lipinski definition) is 2. The molecule has 9 nitrogen and oxygen atoms in total. The molecule has 0 radical (unpaired) electrons. The van der Waals surface area contributed by atoms with Crippen LogP contribution in [0.1, 0.15) is 63.4 Å². The Morgan fingerprint density at radius 1 is 1.06 bits per heavy atom. The number of carbonyl (C=O) groups is 1. The number of ether oxygens (including phenoxy) is 1. The van der Waals surface area contributed by atoms with Crippen LogP contribution >= 0.6 is 0 Å². The maximum atomic E-state index is 13.3. The summed E-state index contributed by atoms with van der Waals surface area (Å²) in [7, 11) is -3.22. The Bertz CT molecular complexity index is 828. The lowest BCUT2D eigenvalue weighted by Crippen LogP contribution is -2.41. The normalized spacial score (nSPS) is 17.6. The van der Waals surface area contributed by atoms with E-state index in [9.17, 15) is 13.2 Å². The average Bonchev–Trinajstić information content (AvgIpc) is 3.43. The second-order valence-corrected chi connectivity index (χ2v) is 11.8. The molecule has 0 unspecified atom stereocenters. The first-order chi connectivity index (χ1) is 17.1. The number of rotatable bonds is 15. The van der Waals surface area contributed by atoms with Gasteiger partial charge in [0.1, 0.15) is 0 Å². The third-order valence-corrected chi connectivity index (χ3v) is 9.26. The van der Waals surface area contributed by atoms with E-state index in [-0.39, 0.29) is 11.3 Å². The van der Waals surface area contributed by atoms with E-state index in [2.05, 4.69) is 20.5 Å². The highest BCUT2D eigenvalue weighted by Gasteiger charge is 2.33. The zero-order chi connectivity index (χ0) is 24.8. The van der Waals surface area contributed by atoms with Gasteiger partial charge in [0, 0.05) is 51.7 Å². The minimum Gasteiger partial charge on any atom is -0.379 e. The van der Waals surface area contributed by atoms with E-state index in [0.29, 0.717) is 26.2 Å². The van der Waals surface area contributed by atoms with Gasteiger partial charge in [-0.15, -0.1) is 0 Å². The number of morpholine rings is 1. The molecule has 35 heavy (non-hydrogen) atoms. The summed E-state index contributed by atoms with van der Waals surface area (Å²) >= 11 is 0. The molecule has 10 heteroatoms. The molecule has 2 amide bonds. The summed E-state index contributed by atoms with van der Waals surface area (Å²) in [6.45, 7) is 6.61. The predicted octanol–water partition coefficient (Wildman–Crippen LogP) is 2.74. The van der Waals surface area contributed by atoms with E-state index in [4.69, 9.17) is 4.74 Å². The lowest BCUT2D eigenvalue weighted by molar-refractivity contribution is 0.0369. The van der Waals surface area contributed by atoms with Crippen molar-refractivity contribution in [2.45, 2.75) is 69.6 Å². The van der Waals surface area contributed by atoms with Crippen molar-refractivity contribution in [2.75, 3.05) is 52.5 Å². The van der Waals surface area contributed by atoms with Crippen molar-refractivity contribution < 1.29 is 17.9 Å². The lowest BCUT2D eigenvalue weighted by atomic mass is 10.2. The Hall–Kier alpha value is -1.75. The summed E-state index contributed by atoms with van der Waals surface area (Å²) in [5, 5.41) is 5.52. The van der Waals surface area contributed by atoms with Crippen LogP contribution in [0.3, 0.4) is 0 Å². The molecule has 0 atom stereocenters. The molecular weight excluding hydrogens is 466 g/mol. The summed E-state index contributed by atoms with van der Waals surface area (Å²) in [4.78, 5) is 18.3. The van der Waals surface area contributed by atoms with Crippen LogP contribution in [0.2, 0.25) is 0 Å². The first-order valence-electron chi connectivity index (χ1n) is 13.3. The van der Waals surface area contributed by atoms with Gasteiger partial charge < -0.3 is 15.4 Å². The molecule has 0 spiro atoms. The van der Waals surface area contributed by atoms with Crippen molar-refractivity contribution in [3.05, 3.63) is 30.1 Å². The summed E-state index contributed by atoms with van der Waals surface area (Å²) in [6.07, 6.45) is 11.6. The van der Waals surface area contributed by atoms with Crippen LogP contribution in [-0.4, -0.2) is 86.4 Å². The highest BCUT2D eigenvalue weighted by Crippen LogP contribution is 2.27. The summed E-state index contributed by atoms with van der Waals surface area (Å²) in [5.41, 5.74) is 0.963. The van der Waals surface area contributed by atoms with E-state index in [0.717, 1.165) is 96.2 Å². The van der Waals surface area contributed by atoms with Crippen molar-refractivity contribution in [2.24, 2.45) is 0 Å². The first-order valence-corrected chi connectivity index (χ1v) is 14.8. The smallest absolute Gasteiger partial charge is 0.315 e. The van der Waals surface area contributed by atoms with Crippen LogP contribution in [0.15, 0.2) is 24.5 Å². The van der Waals surface area contributed by atoms with Gasteiger partial charge in [-0.2, -0.15) is 0 Å². The number of nitrogens with one attached hydrogen (secondary N) is 2. The van der Waals surface area contributed by atoms with E-state index >= 15 is 0 Å². The predicted molar refractivity (Wildman–Crippen MR) is 138 cm³/mol.